The number of benzene rings is 2. The first kappa shape index (κ1) is 24.7. The van der Waals surface area contributed by atoms with Crippen molar-refractivity contribution in [3.8, 4) is 0 Å². The molecule has 5 rings (SSSR count). The zero-order valence-corrected chi connectivity index (χ0v) is 21.1. The van der Waals surface area contributed by atoms with Crippen LogP contribution in [0.4, 0.5) is 4.39 Å². The number of rotatable bonds is 6. The van der Waals surface area contributed by atoms with Gasteiger partial charge in [0.2, 0.25) is 5.91 Å². The number of hydrogen-bond donors (Lipinski definition) is 1. The molecule has 1 amide bonds. The van der Waals surface area contributed by atoms with Crippen LogP contribution in [-0.4, -0.2) is 33.2 Å². The van der Waals surface area contributed by atoms with E-state index in [1.54, 1.807) is 53.9 Å². The van der Waals surface area contributed by atoms with Gasteiger partial charge in [-0.05, 0) is 66.6 Å². The van der Waals surface area contributed by atoms with E-state index in [0.717, 1.165) is 6.42 Å². The summed E-state index contributed by atoms with van der Waals surface area (Å²) in [5, 5.41) is 13.0. The average Bonchev–Trinajstić information content (AvgIpc) is 3.44. The maximum absolute atomic E-state index is 14.1. The van der Waals surface area contributed by atoms with E-state index in [1.807, 2.05) is 0 Å². The lowest BCUT2D eigenvalue weighted by Gasteiger charge is -2.41. The second-order valence-corrected chi connectivity index (χ2v) is 11.1. The number of carbonyl (C=O) groups is 3. The zero-order valence-electron chi connectivity index (χ0n) is 19.6. The minimum atomic E-state index is -1.73. The fourth-order valence-corrected chi connectivity index (χ4v) is 6.52. The van der Waals surface area contributed by atoms with Crippen molar-refractivity contribution in [1.29, 1.82) is 0 Å². The number of carboxylic acids is 1. The number of halogens is 2. The molecule has 2 aromatic carbocycles. The van der Waals surface area contributed by atoms with Crippen molar-refractivity contribution in [1.82, 2.24) is 4.90 Å². The lowest BCUT2D eigenvalue weighted by molar-refractivity contribution is -0.161. The number of Topliss-reactive ketones (excluding diaryl/α,β-unsaturated/α-hetero) is 1. The molecule has 4 atom stereocenters. The van der Waals surface area contributed by atoms with Crippen LogP contribution in [0.2, 0.25) is 5.02 Å². The van der Waals surface area contributed by atoms with Gasteiger partial charge in [-0.15, -0.1) is 11.3 Å². The van der Waals surface area contributed by atoms with Crippen molar-refractivity contribution in [2.45, 2.75) is 43.7 Å². The monoisotopic (exact) mass is 525 g/mol. The Balaban J connectivity index is 1.78. The van der Waals surface area contributed by atoms with Gasteiger partial charge in [0, 0.05) is 16.9 Å². The summed E-state index contributed by atoms with van der Waals surface area (Å²) in [5.41, 5.74) is -0.588. The number of carboxylic acid groups (broad SMARTS) is 1. The summed E-state index contributed by atoms with van der Waals surface area (Å²) in [7, 11) is 0. The molecule has 2 heterocycles. The van der Waals surface area contributed by atoms with Crippen LogP contribution in [0, 0.1) is 17.7 Å². The van der Waals surface area contributed by atoms with Crippen molar-refractivity contribution in [3.63, 3.8) is 0 Å². The van der Waals surface area contributed by atoms with Crippen LogP contribution < -0.4 is 0 Å². The van der Waals surface area contributed by atoms with Crippen LogP contribution in [0.5, 0.6) is 0 Å². The van der Waals surface area contributed by atoms with Crippen molar-refractivity contribution in [3.05, 3.63) is 92.9 Å². The summed E-state index contributed by atoms with van der Waals surface area (Å²) in [6, 6.07) is 15.0. The van der Waals surface area contributed by atoms with E-state index in [-0.39, 0.29) is 17.6 Å². The number of likely N-dealkylation sites (tertiary alicyclic amines) is 1. The second kappa shape index (κ2) is 9.45. The molecule has 0 spiro atoms. The van der Waals surface area contributed by atoms with E-state index in [4.69, 9.17) is 11.6 Å². The van der Waals surface area contributed by atoms with Gasteiger partial charge in [-0.3, -0.25) is 9.59 Å². The number of thiophene rings is 1. The molecule has 2 fully saturated rings. The molecule has 186 valence electrons. The Morgan fingerprint density at radius 3 is 2.19 bits per heavy atom. The fraction of sp³-hybridized carbons (Fsp3) is 0.321. The van der Waals surface area contributed by atoms with Gasteiger partial charge in [-0.1, -0.05) is 48.4 Å². The van der Waals surface area contributed by atoms with E-state index < -0.39 is 35.2 Å². The molecular formula is C28H25ClFNO4S. The molecule has 1 aliphatic carbocycles. The first-order chi connectivity index (χ1) is 17.2. The first-order valence-electron chi connectivity index (χ1n) is 11.9. The maximum atomic E-state index is 14.1. The highest BCUT2D eigenvalue weighted by molar-refractivity contribution is 7.12. The molecule has 1 aliphatic heterocycles. The molecule has 0 radical (unpaired) electrons. The van der Waals surface area contributed by atoms with Crippen LogP contribution in [0.15, 0.2) is 66.0 Å². The Morgan fingerprint density at radius 1 is 1.03 bits per heavy atom. The van der Waals surface area contributed by atoms with E-state index in [9.17, 15) is 23.9 Å². The first-order valence-corrected chi connectivity index (χ1v) is 13.1. The predicted molar refractivity (Wildman–Crippen MR) is 136 cm³/mol. The summed E-state index contributed by atoms with van der Waals surface area (Å²) in [5.74, 6) is -4.22. The van der Waals surface area contributed by atoms with E-state index in [2.05, 4.69) is 0 Å². The lowest BCUT2D eigenvalue weighted by atomic mass is 9.72. The van der Waals surface area contributed by atoms with E-state index in [0.29, 0.717) is 33.9 Å². The summed E-state index contributed by atoms with van der Waals surface area (Å²) >= 11 is 7.41. The van der Waals surface area contributed by atoms with Gasteiger partial charge in [0.15, 0.2) is 5.78 Å². The quantitative estimate of drug-likeness (QED) is 0.380. The Morgan fingerprint density at radius 2 is 1.67 bits per heavy atom. The minimum Gasteiger partial charge on any atom is -0.479 e. The Labute approximate surface area is 217 Å². The molecule has 8 heteroatoms. The van der Waals surface area contributed by atoms with Crippen LogP contribution in [0.25, 0.3) is 0 Å². The molecule has 4 unspecified atom stereocenters. The van der Waals surface area contributed by atoms with Gasteiger partial charge >= 0.3 is 5.97 Å². The van der Waals surface area contributed by atoms with Gasteiger partial charge in [0.1, 0.15) is 11.4 Å². The van der Waals surface area contributed by atoms with Crippen LogP contribution >= 0.6 is 22.9 Å². The molecule has 0 bridgehead atoms. The Hall–Kier alpha value is -3.03. The third kappa shape index (κ3) is 3.95. The van der Waals surface area contributed by atoms with Gasteiger partial charge in [0.25, 0.3) is 0 Å². The van der Waals surface area contributed by atoms with Gasteiger partial charge < -0.3 is 10.0 Å². The minimum absolute atomic E-state index is 0.240. The summed E-state index contributed by atoms with van der Waals surface area (Å²) in [4.78, 5) is 43.1. The number of nitrogens with zero attached hydrogens (tertiary/aromatic N) is 1. The molecule has 5 nitrogen and oxygen atoms in total. The molecule has 36 heavy (non-hydrogen) atoms. The highest BCUT2D eigenvalue weighted by Gasteiger charge is 2.65. The second-order valence-electron chi connectivity index (χ2n) is 9.68. The van der Waals surface area contributed by atoms with Crippen LogP contribution in [-0.2, 0) is 9.59 Å². The highest BCUT2D eigenvalue weighted by Crippen LogP contribution is 2.57. The Bertz CT molecular complexity index is 1290. The zero-order chi connectivity index (χ0) is 25.6. The third-order valence-corrected chi connectivity index (χ3v) is 8.85. The van der Waals surface area contributed by atoms with E-state index in [1.165, 1.54) is 35.3 Å². The van der Waals surface area contributed by atoms with Gasteiger partial charge in [-0.2, -0.15) is 0 Å². The van der Waals surface area contributed by atoms with Gasteiger partial charge in [0.05, 0.1) is 16.8 Å². The van der Waals surface area contributed by atoms with Crippen molar-refractivity contribution in [2.75, 3.05) is 0 Å². The normalized spacial score (nSPS) is 26.0. The topological polar surface area (TPSA) is 74.7 Å². The number of carbonyl (C=O) groups excluding carboxylic acids is 2. The average molecular weight is 526 g/mol. The summed E-state index contributed by atoms with van der Waals surface area (Å²) in [6.07, 6.45) is 2.25. The smallest absolute Gasteiger partial charge is 0.330 e. The van der Waals surface area contributed by atoms with Crippen LogP contribution in [0.1, 0.15) is 58.9 Å². The largest absolute Gasteiger partial charge is 0.479 e. The lowest BCUT2D eigenvalue weighted by Crippen LogP contribution is -2.56. The van der Waals surface area contributed by atoms with Crippen molar-refractivity contribution < 1.29 is 23.9 Å². The highest BCUT2D eigenvalue weighted by atomic mass is 35.5. The van der Waals surface area contributed by atoms with Crippen molar-refractivity contribution >= 4 is 40.6 Å². The molecule has 1 aromatic heterocycles. The fourth-order valence-electron chi connectivity index (χ4n) is 5.68. The summed E-state index contributed by atoms with van der Waals surface area (Å²) in [6.45, 7) is 1.53. The molecule has 1 saturated carbocycles. The third-order valence-electron chi connectivity index (χ3n) is 7.72. The van der Waals surface area contributed by atoms with E-state index >= 15 is 0 Å². The number of aliphatic carboxylic acids is 1. The number of ketones is 1. The molecule has 2 aliphatic rings. The Kier molecular flexibility index (Phi) is 6.47. The molecule has 1 saturated heterocycles. The number of hydrogen-bond acceptors (Lipinski definition) is 4. The summed E-state index contributed by atoms with van der Waals surface area (Å²) < 4.78 is 13.9. The van der Waals surface area contributed by atoms with Crippen LogP contribution in [0.3, 0.4) is 0 Å². The standard InChI is InChI=1S/C28H25ClFNO4S/c1-28(27(34)35)23(16-7-11-19(29)12-8-16)22(25(32)21-6-3-15-36-21)24(17-9-13-20(30)14-10-17)31(28)26(33)18-4-2-5-18/h3,6-15,18,22-24H,2,4-5H2,1H3,(H,34,35). The molecule has 3 aromatic rings. The number of amides is 1. The maximum Gasteiger partial charge on any atom is 0.330 e. The molecule has 1 N–H and O–H groups in total. The molecular weight excluding hydrogens is 501 g/mol. The SMILES string of the molecule is CC1(C(=O)O)C(c2ccc(Cl)cc2)C(C(=O)c2cccs2)C(c2ccc(F)cc2)N1C(=O)C1CCC1. The predicted octanol–water partition coefficient (Wildman–Crippen LogP) is 6.35. The van der Waals surface area contributed by atoms with Gasteiger partial charge in [-0.25, -0.2) is 9.18 Å². The van der Waals surface area contributed by atoms with Crippen molar-refractivity contribution in [2.24, 2.45) is 11.8 Å².